The predicted molar refractivity (Wildman–Crippen MR) is 122 cm³/mol. The number of carbonyl (C=O) groups is 1. The molecule has 1 amide bonds. The number of anilines is 1. The van der Waals surface area contributed by atoms with Crippen LogP contribution in [0.15, 0.2) is 77.7 Å². The van der Waals surface area contributed by atoms with Crippen molar-refractivity contribution in [3.05, 3.63) is 88.9 Å². The highest BCUT2D eigenvalue weighted by Crippen LogP contribution is 2.36. The van der Waals surface area contributed by atoms with Crippen molar-refractivity contribution in [1.82, 2.24) is 4.31 Å². The van der Waals surface area contributed by atoms with E-state index in [1.165, 1.54) is 37.4 Å². The van der Waals surface area contributed by atoms with Crippen LogP contribution < -0.4 is 10.1 Å². The van der Waals surface area contributed by atoms with Crippen LogP contribution in [-0.4, -0.2) is 32.3 Å². The normalized spacial score (nSPS) is 11.9. The van der Waals surface area contributed by atoms with Gasteiger partial charge in [-0.25, -0.2) is 8.42 Å². The first-order valence-electron chi connectivity index (χ1n) is 9.85. The molecule has 0 spiro atoms. The number of methoxy groups -OCH3 is 1. The molecule has 0 aliphatic rings. The van der Waals surface area contributed by atoms with Crippen LogP contribution in [0.3, 0.4) is 0 Å². The Morgan fingerprint density at radius 3 is 2.26 bits per heavy atom. The van der Waals surface area contributed by atoms with Gasteiger partial charge in [0.2, 0.25) is 15.9 Å². The summed E-state index contributed by atoms with van der Waals surface area (Å²) in [5.41, 5.74) is -0.652. The first kappa shape index (κ1) is 25.5. The first-order chi connectivity index (χ1) is 16.0. The Morgan fingerprint density at radius 2 is 1.68 bits per heavy atom. The van der Waals surface area contributed by atoms with Gasteiger partial charge in [-0.15, -0.1) is 0 Å². The summed E-state index contributed by atoms with van der Waals surface area (Å²) < 4.78 is 71.9. The smallest absolute Gasteiger partial charge is 0.417 e. The molecule has 0 aliphatic carbocycles. The van der Waals surface area contributed by atoms with E-state index in [-0.39, 0.29) is 17.1 Å². The number of rotatable bonds is 8. The molecule has 0 fully saturated rings. The second kappa shape index (κ2) is 10.5. The minimum absolute atomic E-state index is 0.0668. The third kappa shape index (κ3) is 6.28. The molecule has 0 aliphatic heterocycles. The molecule has 0 heterocycles. The maximum atomic E-state index is 13.3. The molecule has 34 heavy (non-hydrogen) atoms. The van der Waals surface area contributed by atoms with Crippen LogP contribution in [0.4, 0.5) is 18.9 Å². The number of hydrogen-bond donors (Lipinski definition) is 1. The molecule has 6 nitrogen and oxygen atoms in total. The lowest BCUT2D eigenvalue weighted by Crippen LogP contribution is -2.37. The van der Waals surface area contributed by atoms with E-state index >= 15 is 0 Å². The van der Waals surface area contributed by atoms with Gasteiger partial charge in [0.25, 0.3) is 0 Å². The summed E-state index contributed by atoms with van der Waals surface area (Å²) >= 11 is 5.61. The molecule has 3 aromatic rings. The Balaban J connectivity index is 1.87. The Hall–Kier alpha value is -3.08. The zero-order valence-corrected chi connectivity index (χ0v) is 19.4. The number of halogens is 4. The van der Waals surface area contributed by atoms with Crippen LogP contribution in [0.25, 0.3) is 0 Å². The number of sulfonamides is 1. The van der Waals surface area contributed by atoms with Gasteiger partial charge >= 0.3 is 6.18 Å². The number of carbonyl (C=O) groups excluding carboxylic acids is 1. The van der Waals surface area contributed by atoms with Crippen molar-refractivity contribution in [2.24, 2.45) is 0 Å². The molecule has 3 aromatic carbocycles. The van der Waals surface area contributed by atoms with Crippen molar-refractivity contribution in [3.8, 4) is 5.75 Å². The molecule has 0 saturated carbocycles. The van der Waals surface area contributed by atoms with Crippen LogP contribution in [0, 0.1) is 0 Å². The van der Waals surface area contributed by atoms with Crippen molar-refractivity contribution in [2.75, 3.05) is 19.0 Å². The van der Waals surface area contributed by atoms with Gasteiger partial charge in [-0.1, -0.05) is 41.9 Å². The van der Waals surface area contributed by atoms with E-state index in [2.05, 4.69) is 5.32 Å². The van der Waals surface area contributed by atoms with Gasteiger partial charge in [-0.05, 0) is 48.0 Å². The van der Waals surface area contributed by atoms with Crippen molar-refractivity contribution in [3.63, 3.8) is 0 Å². The Morgan fingerprint density at radius 1 is 1.03 bits per heavy atom. The molecule has 0 saturated heterocycles. The molecule has 11 heteroatoms. The second-order valence-electron chi connectivity index (χ2n) is 7.17. The molecule has 180 valence electrons. The lowest BCUT2D eigenvalue weighted by molar-refractivity contribution is -0.137. The summed E-state index contributed by atoms with van der Waals surface area (Å²) in [7, 11) is -2.69. The standard InChI is InChI=1S/C23H20ClF3N2O4S/c1-33-18-8-10-19(11-9-18)34(31,32)29(14-16-5-3-2-4-6-16)15-22(30)28-17-7-12-21(24)20(13-17)23(25,26)27/h2-13H,14-15H2,1H3,(H,28,30). The second-order valence-corrected chi connectivity index (χ2v) is 9.52. The fraction of sp³-hybridized carbons (Fsp3) is 0.174. The van der Waals surface area contributed by atoms with Gasteiger partial charge in [-0.3, -0.25) is 4.79 Å². The summed E-state index contributed by atoms with van der Waals surface area (Å²) in [6.07, 6.45) is -4.71. The number of amides is 1. The third-order valence-corrected chi connectivity index (χ3v) is 6.91. The largest absolute Gasteiger partial charge is 0.497 e. The van der Waals surface area contributed by atoms with Crippen molar-refractivity contribution in [2.45, 2.75) is 17.6 Å². The molecule has 0 bridgehead atoms. The lowest BCUT2D eigenvalue weighted by Gasteiger charge is -2.22. The minimum atomic E-state index is -4.71. The summed E-state index contributed by atoms with van der Waals surface area (Å²) in [6.45, 7) is -0.760. The van der Waals surface area contributed by atoms with Gasteiger partial charge in [0.05, 0.1) is 29.1 Å². The Bertz CT molecular complexity index is 1250. The van der Waals surface area contributed by atoms with E-state index in [0.717, 1.165) is 10.4 Å². The van der Waals surface area contributed by atoms with Crippen LogP contribution in [-0.2, 0) is 27.5 Å². The lowest BCUT2D eigenvalue weighted by atomic mass is 10.2. The van der Waals surface area contributed by atoms with Crippen LogP contribution >= 0.6 is 11.6 Å². The first-order valence-corrected chi connectivity index (χ1v) is 11.7. The van der Waals surface area contributed by atoms with Crippen LogP contribution in [0.1, 0.15) is 11.1 Å². The summed E-state index contributed by atoms with van der Waals surface area (Å²) in [5, 5.41) is 1.80. The van der Waals surface area contributed by atoms with Crippen molar-refractivity contribution < 1.29 is 31.1 Å². The van der Waals surface area contributed by atoms with E-state index in [0.29, 0.717) is 17.4 Å². The van der Waals surface area contributed by atoms with Gasteiger partial charge in [-0.2, -0.15) is 17.5 Å². The van der Waals surface area contributed by atoms with Crippen molar-refractivity contribution in [1.29, 1.82) is 0 Å². The van der Waals surface area contributed by atoms with Gasteiger partial charge < -0.3 is 10.1 Å². The molecule has 0 radical (unpaired) electrons. The molecule has 0 atom stereocenters. The van der Waals surface area contributed by atoms with Gasteiger partial charge in [0.15, 0.2) is 0 Å². The topological polar surface area (TPSA) is 75.7 Å². The zero-order chi connectivity index (χ0) is 24.9. The van der Waals surface area contributed by atoms with E-state index in [9.17, 15) is 26.4 Å². The quantitative estimate of drug-likeness (QED) is 0.450. The summed E-state index contributed by atoms with van der Waals surface area (Å²) in [5.74, 6) is -0.363. The fourth-order valence-corrected chi connectivity index (χ4v) is 4.70. The van der Waals surface area contributed by atoms with Gasteiger partial charge in [0.1, 0.15) is 5.75 Å². The SMILES string of the molecule is COc1ccc(S(=O)(=O)N(CC(=O)Nc2ccc(Cl)c(C(F)(F)F)c2)Cc2ccccc2)cc1. The van der Waals surface area contributed by atoms with Gasteiger partial charge in [0, 0.05) is 12.2 Å². The van der Waals surface area contributed by atoms with E-state index in [1.807, 2.05) is 0 Å². The fourth-order valence-electron chi connectivity index (χ4n) is 3.09. The molecular formula is C23H20ClF3N2O4S. The maximum absolute atomic E-state index is 13.3. The van der Waals surface area contributed by atoms with Crippen LogP contribution in [0.5, 0.6) is 5.75 Å². The van der Waals surface area contributed by atoms with Crippen molar-refractivity contribution >= 4 is 33.2 Å². The predicted octanol–water partition coefficient (Wildman–Crippen LogP) is 5.20. The van der Waals surface area contributed by atoms with E-state index < -0.39 is 39.2 Å². The third-order valence-electron chi connectivity index (χ3n) is 4.77. The maximum Gasteiger partial charge on any atom is 0.417 e. The average molecular weight is 513 g/mol. The molecular weight excluding hydrogens is 493 g/mol. The zero-order valence-electron chi connectivity index (χ0n) is 17.8. The van der Waals surface area contributed by atoms with E-state index in [1.54, 1.807) is 30.3 Å². The number of nitrogens with zero attached hydrogens (tertiary/aromatic N) is 1. The average Bonchev–Trinajstić information content (AvgIpc) is 2.80. The van der Waals surface area contributed by atoms with E-state index in [4.69, 9.17) is 16.3 Å². The summed E-state index contributed by atoms with van der Waals surface area (Å²) in [6, 6.07) is 17.1. The Kier molecular flexibility index (Phi) is 7.86. The number of alkyl halides is 3. The number of nitrogens with one attached hydrogen (secondary N) is 1. The monoisotopic (exact) mass is 512 g/mol. The highest BCUT2D eigenvalue weighted by atomic mass is 35.5. The molecule has 1 N–H and O–H groups in total. The van der Waals surface area contributed by atoms with Crippen LogP contribution in [0.2, 0.25) is 5.02 Å². The molecule has 3 rings (SSSR count). The molecule has 0 aromatic heterocycles. The Labute approximate surface area is 200 Å². The minimum Gasteiger partial charge on any atom is -0.497 e. The number of hydrogen-bond acceptors (Lipinski definition) is 4. The molecule has 0 unspecified atom stereocenters. The highest BCUT2D eigenvalue weighted by molar-refractivity contribution is 7.89. The summed E-state index contributed by atoms with van der Waals surface area (Å²) in [4.78, 5) is 12.6. The number of benzene rings is 3. The highest BCUT2D eigenvalue weighted by Gasteiger charge is 2.33. The number of ether oxygens (including phenoxy) is 1.